The van der Waals surface area contributed by atoms with Crippen molar-refractivity contribution in [3.05, 3.63) is 16.1 Å². The van der Waals surface area contributed by atoms with Crippen LogP contribution in [-0.2, 0) is 11.3 Å². The molecular weight excluding hydrogens is 266 g/mol. The molecule has 0 saturated heterocycles. The van der Waals surface area contributed by atoms with Crippen molar-refractivity contribution in [1.82, 2.24) is 15.6 Å². The van der Waals surface area contributed by atoms with E-state index in [1.807, 2.05) is 13.8 Å². The van der Waals surface area contributed by atoms with Gasteiger partial charge in [-0.1, -0.05) is 19.8 Å². The minimum atomic E-state index is -1.00. The van der Waals surface area contributed by atoms with Gasteiger partial charge in [-0.15, -0.1) is 11.3 Å². The van der Waals surface area contributed by atoms with E-state index >= 15 is 0 Å². The Hall–Kier alpha value is -1.63. The number of hydrogen-bond donors (Lipinski definition) is 3. The number of aryl methyl sites for hydroxylation is 1. The van der Waals surface area contributed by atoms with Crippen molar-refractivity contribution in [1.29, 1.82) is 0 Å². The molecule has 19 heavy (non-hydrogen) atoms. The molecule has 0 aliphatic rings. The van der Waals surface area contributed by atoms with Crippen molar-refractivity contribution in [3.8, 4) is 0 Å². The maximum Gasteiger partial charge on any atom is 0.326 e. The maximum absolute atomic E-state index is 11.6. The summed E-state index contributed by atoms with van der Waals surface area (Å²) < 4.78 is 0. The monoisotopic (exact) mass is 285 g/mol. The van der Waals surface area contributed by atoms with Gasteiger partial charge >= 0.3 is 12.0 Å². The van der Waals surface area contributed by atoms with Crippen molar-refractivity contribution in [2.24, 2.45) is 0 Å². The molecule has 1 aromatic heterocycles. The number of carboxylic acids is 1. The van der Waals surface area contributed by atoms with Gasteiger partial charge in [-0.05, 0) is 13.3 Å². The SMILES string of the molecule is CCCCC(NC(=O)NCc1cnc(C)s1)C(=O)O. The predicted octanol–water partition coefficient (Wildman–Crippen LogP) is 1.89. The first kappa shape index (κ1) is 15.4. The van der Waals surface area contributed by atoms with Gasteiger partial charge in [0, 0.05) is 11.1 Å². The fourth-order valence-electron chi connectivity index (χ4n) is 1.53. The van der Waals surface area contributed by atoms with Crippen molar-refractivity contribution in [2.45, 2.75) is 45.7 Å². The Labute approximate surface area is 116 Å². The molecule has 0 aliphatic heterocycles. The number of amides is 2. The predicted molar refractivity (Wildman–Crippen MR) is 73.2 cm³/mol. The second kappa shape index (κ2) is 7.73. The lowest BCUT2D eigenvalue weighted by Crippen LogP contribution is -2.45. The van der Waals surface area contributed by atoms with Crippen LogP contribution in [0.5, 0.6) is 0 Å². The first-order chi connectivity index (χ1) is 9.02. The van der Waals surface area contributed by atoms with E-state index in [0.29, 0.717) is 13.0 Å². The van der Waals surface area contributed by atoms with Crippen molar-refractivity contribution in [2.75, 3.05) is 0 Å². The van der Waals surface area contributed by atoms with E-state index < -0.39 is 18.0 Å². The normalized spacial score (nSPS) is 11.9. The van der Waals surface area contributed by atoms with Gasteiger partial charge in [-0.25, -0.2) is 14.6 Å². The number of nitrogens with one attached hydrogen (secondary N) is 2. The lowest BCUT2D eigenvalue weighted by molar-refractivity contribution is -0.139. The standard InChI is InChI=1S/C12H19N3O3S/c1-3-4-5-10(11(16)17)15-12(18)14-7-9-6-13-8(2)19-9/h6,10H,3-5,7H2,1-2H3,(H,16,17)(H2,14,15,18). The molecule has 0 fully saturated rings. The van der Waals surface area contributed by atoms with Gasteiger partial charge in [0.15, 0.2) is 0 Å². The van der Waals surface area contributed by atoms with E-state index in [4.69, 9.17) is 5.11 Å². The van der Waals surface area contributed by atoms with Crippen LogP contribution in [0.1, 0.15) is 36.1 Å². The molecule has 0 saturated carbocycles. The first-order valence-corrected chi connectivity index (χ1v) is 7.03. The van der Waals surface area contributed by atoms with Crippen LogP contribution in [0.2, 0.25) is 0 Å². The molecular formula is C12H19N3O3S. The van der Waals surface area contributed by atoms with E-state index in [0.717, 1.165) is 22.7 Å². The van der Waals surface area contributed by atoms with Crippen molar-refractivity contribution < 1.29 is 14.7 Å². The van der Waals surface area contributed by atoms with Gasteiger partial charge in [-0.3, -0.25) is 0 Å². The lowest BCUT2D eigenvalue weighted by atomic mass is 10.1. The zero-order chi connectivity index (χ0) is 14.3. The molecule has 0 aromatic carbocycles. The Balaban J connectivity index is 2.37. The number of aromatic nitrogens is 1. The van der Waals surface area contributed by atoms with Crippen LogP contribution in [0.3, 0.4) is 0 Å². The lowest BCUT2D eigenvalue weighted by Gasteiger charge is -2.14. The average molecular weight is 285 g/mol. The summed E-state index contributed by atoms with van der Waals surface area (Å²) in [5.41, 5.74) is 0. The number of carbonyl (C=O) groups is 2. The highest BCUT2D eigenvalue weighted by Crippen LogP contribution is 2.10. The molecule has 0 aliphatic carbocycles. The fraction of sp³-hybridized carbons (Fsp3) is 0.583. The highest BCUT2D eigenvalue weighted by atomic mass is 32.1. The number of hydrogen-bond acceptors (Lipinski definition) is 4. The van der Waals surface area contributed by atoms with Crippen LogP contribution in [-0.4, -0.2) is 28.1 Å². The third kappa shape index (κ3) is 5.69. The maximum atomic E-state index is 11.6. The summed E-state index contributed by atoms with van der Waals surface area (Å²) in [6, 6.07) is -1.29. The molecule has 7 heteroatoms. The average Bonchev–Trinajstić information content (AvgIpc) is 2.77. The third-order valence-electron chi connectivity index (χ3n) is 2.54. The van der Waals surface area contributed by atoms with E-state index in [2.05, 4.69) is 15.6 Å². The molecule has 0 radical (unpaired) electrons. The van der Waals surface area contributed by atoms with Crippen LogP contribution in [0.4, 0.5) is 4.79 Å². The number of urea groups is 1. The zero-order valence-corrected chi connectivity index (χ0v) is 11.9. The molecule has 0 spiro atoms. The molecule has 106 valence electrons. The largest absolute Gasteiger partial charge is 0.480 e. The second-order valence-electron chi connectivity index (χ2n) is 4.21. The number of nitrogens with zero attached hydrogens (tertiary/aromatic N) is 1. The van der Waals surface area contributed by atoms with Crippen molar-refractivity contribution >= 4 is 23.3 Å². The molecule has 1 atom stereocenters. The minimum Gasteiger partial charge on any atom is -0.480 e. The van der Waals surface area contributed by atoms with Gasteiger partial charge < -0.3 is 15.7 Å². The van der Waals surface area contributed by atoms with Crippen LogP contribution >= 0.6 is 11.3 Å². The Morgan fingerprint density at radius 3 is 2.79 bits per heavy atom. The zero-order valence-electron chi connectivity index (χ0n) is 11.1. The number of carbonyl (C=O) groups excluding carboxylic acids is 1. The first-order valence-electron chi connectivity index (χ1n) is 6.21. The smallest absolute Gasteiger partial charge is 0.326 e. The summed E-state index contributed by atoms with van der Waals surface area (Å²) in [6.45, 7) is 4.22. The van der Waals surface area contributed by atoms with Crippen molar-refractivity contribution in [3.63, 3.8) is 0 Å². The number of rotatable bonds is 7. The van der Waals surface area contributed by atoms with Gasteiger partial charge in [0.05, 0.1) is 11.6 Å². The highest BCUT2D eigenvalue weighted by molar-refractivity contribution is 7.11. The van der Waals surface area contributed by atoms with Gasteiger partial charge in [0.1, 0.15) is 6.04 Å². The second-order valence-corrected chi connectivity index (χ2v) is 5.52. The molecule has 6 nitrogen and oxygen atoms in total. The van der Waals surface area contributed by atoms with Gasteiger partial charge in [-0.2, -0.15) is 0 Å². The number of thiazole rings is 1. The van der Waals surface area contributed by atoms with Crippen LogP contribution in [0.15, 0.2) is 6.20 Å². The van der Waals surface area contributed by atoms with E-state index in [1.54, 1.807) is 6.20 Å². The number of carboxylic acid groups (broad SMARTS) is 1. The molecule has 1 aromatic rings. The van der Waals surface area contributed by atoms with E-state index in [9.17, 15) is 9.59 Å². The number of aliphatic carboxylic acids is 1. The topological polar surface area (TPSA) is 91.3 Å². The third-order valence-corrected chi connectivity index (χ3v) is 3.45. The highest BCUT2D eigenvalue weighted by Gasteiger charge is 2.18. The van der Waals surface area contributed by atoms with Crippen LogP contribution < -0.4 is 10.6 Å². The molecule has 2 amide bonds. The molecule has 1 rings (SSSR count). The Morgan fingerprint density at radius 2 is 2.26 bits per heavy atom. The Bertz CT molecular complexity index is 434. The Morgan fingerprint density at radius 1 is 1.53 bits per heavy atom. The quantitative estimate of drug-likeness (QED) is 0.713. The summed E-state index contributed by atoms with van der Waals surface area (Å²) in [7, 11) is 0. The van der Waals surface area contributed by atoms with E-state index in [1.165, 1.54) is 11.3 Å². The molecule has 1 heterocycles. The van der Waals surface area contributed by atoms with E-state index in [-0.39, 0.29) is 0 Å². The summed E-state index contributed by atoms with van der Waals surface area (Å²) in [6.07, 6.45) is 3.81. The van der Waals surface area contributed by atoms with Crippen LogP contribution in [0, 0.1) is 6.92 Å². The van der Waals surface area contributed by atoms with Gasteiger partial charge in [0.25, 0.3) is 0 Å². The summed E-state index contributed by atoms with van der Waals surface area (Å²) in [5, 5.41) is 15.0. The summed E-state index contributed by atoms with van der Waals surface area (Å²) >= 11 is 1.50. The minimum absolute atomic E-state index is 0.359. The fourth-order valence-corrected chi connectivity index (χ4v) is 2.26. The molecule has 3 N–H and O–H groups in total. The summed E-state index contributed by atoms with van der Waals surface area (Å²) in [5.74, 6) is -1.00. The van der Waals surface area contributed by atoms with Gasteiger partial charge in [0.2, 0.25) is 0 Å². The Kier molecular flexibility index (Phi) is 6.27. The summed E-state index contributed by atoms with van der Waals surface area (Å²) in [4.78, 5) is 27.6. The molecule has 1 unspecified atom stereocenters. The molecule has 0 bridgehead atoms. The number of unbranched alkanes of at least 4 members (excludes halogenated alkanes) is 1. The van der Waals surface area contributed by atoms with Crippen LogP contribution in [0.25, 0.3) is 0 Å².